The minimum atomic E-state index is -1.01. The van der Waals surface area contributed by atoms with Crippen LogP contribution in [0.3, 0.4) is 0 Å². The fraction of sp³-hybridized carbons (Fsp3) is 0.143. The third-order valence-corrected chi connectivity index (χ3v) is 2.98. The van der Waals surface area contributed by atoms with Crippen molar-refractivity contribution in [3.8, 4) is 0 Å². The van der Waals surface area contributed by atoms with E-state index in [9.17, 15) is 4.79 Å². The summed E-state index contributed by atoms with van der Waals surface area (Å²) in [6.07, 6.45) is 3.45. The Labute approximate surface area is 110 Å². The standard InChI is InChI=1S/C14H12ClNO2/c1-2-9-3-5-12-11(7-9)8-10(14(15)16-12)4-6-13(17)18/h3-8H,2H2,1H3,(H,17,18)/b6-4+. The molecule has 2 aromatic rings. The SMILES string of the molecule is CCc1ccc2nc(Cl)c(/C=C/C(=O)O)cc2c1. The predicted molar refractivity (Wildman–Crippen MR) is 72.8 cm³/mol. The maximum atomic E-state index is 10.5. The van der Waals surface area contributed by atoms with E-state index in [1.807, 2.05) is 24.3 Å². The van der Waals surface area contributed by atoms with Crippen molar-refractivity contribution in [2.75, 3.05) is 0 Å². The van der Waals surface area contributed by atoms with E-state index in [0.717, 1.165) is 23.4 Å². The van der Waals surface area contributed by atoms with Crippen molar-refractivity contribution >= 4 is 34.5 Å². The van der Waals surface area contributed by atoms with Gasteiger partial charge in [0.2, 0.25) is 0 Å². The number of rotatable bonds is 3. The Hall–Kier alpha value is -1.87. The first-order valence-corrected chi connectivity index (χ1v) is 5.98. The van der Waals surface area contributed by atoms with E-state index in [-0.39, 0.29) is 0 Å². The fourth-order valence-electron chi connectivity index (χ4n) is 1.72. The third-order valence-electron chi connectivity index (χ3n) is 2.67. The molecule has 1 aromatic carbocycles. The predicted octanol–water partition coefficient (Wildman–Crippen LogP) is 3.55. The number of aromatic nitrogens is 1. The topological polar surface area (TPSA) is 50.2 Å². The number of carboxylic acid groups (broad SMARTS) is 1. The van der Waals surface area contributed by atoms with E-state index in [1.165, 1.54) is 11.6 Å². The summed E-state index contributed by atoms with van der Waals surface area (Å²) in [4.78, 5) is 14.7. The first-order valence-electron chi connectivity index (χ1n) is 5.60. The van der Waals surface area contributed by atoms with Crippen LogP contribution in [0.4, 0.5) is 0 Å². The van der Waals surface area contributed by atoms with Crippen LogP contribution in [0.2, 0.25) is 5.15 Å². The van der Waals surface area contributed by atoms with Crippen LogP contribution in [0.25, 0.3) is 17.0 Å². The number of aliphatic carboxylic acids is 1. The molecule has 0 spiro atoms. The monoisotopic (exact) mass is 261 g/mol. The van der Waals surface area contributed by atoms with E-state index < -0.39 is 5.97 Å². The molecule has 0 atom stereocenters. The van der Waals surface area contributed by atoms with Crippen molar-refractivity contribution in [3.05, 3.63) is 46.6 Å². The highest BCUT2D eigenvalue weighted by molar-refractivity contribution is 6.31. The minimum Gasteiger partial charge on any atom is -0.478 e. The van der Waals surface area contributed by atoms with Gasteiger partial charge in [0.25, 0.3) is 0 Å². The second-order valence-electron chi connectivity index (χ2n) is 3.92. The summed E-state index contributed by atoms with van der Waals surface area (Å²) in [6.45, 7) is 2.08. The van der Waals surface area contributed by atoms with E-state index in [0.29, 0.717) is 10.7 Å². The first kappa shape index (κ1) is 12.6. The average molecular weight is 262 g/mol. The van der Waals surface area contributed by atoms with Crippen molar-refractivity contribution in [1.29, 1.82) is 0 Å². The number of fused-ring (bicyclic) bond motifs is 1. The number of carbonyl (C=O) groups is 1. The van der Waals surface area contributed by atoms with Crippen LogP contribution < -0.4 is 0 Å². The number of pyridine rings is 1. The van der Waals surface area contributed by atoms with Gasteiger partial charge in [-0.15, -0.1) is 0 Å². The van der Waals surface area contributed by atoms with E-state index in [4.69, 9.17) is 16.7 Å². The molecule has 1 aromatic heterocycles. The Bertz CT molecular complexity index is 635. The smallest absolute Gasteiger partial charge is 0.328 e. The average Bonchev–Trinajstić information content (AvgIpc) is 2.35. The Balaban J connectivity index is 2.54. The molecule has 0 saturated heterocycles. The van der Waals surface area contributed by atoms with Crippen molar-refractivity contribution in [1.82, 2.24) is 4.98 Å². The van der Waals surface area contributed by atoms with E-state index >= 15 is 0 Å². The molecule has 0 aliphatic rings. The highest BCUT2D eigenvalue weighted by atomic mass is 35.5. The zero-order valence-corrected chi connectivity index (χ0v) is 10.6. The van der Waals surface area contributed by atoms with Crippen LogP contribution in [0.5, 0.6) is 0 Å². The van der Waals surface area contributed by atoms with Gasteiger partial charge in [-0.2, -0.15) is 0 Å². The van der Waals surface area contributed by atoms with Crippen LogP contribution in [-0.2, 0) is 11.2 Å². The molecular weight excluding hydrogens is 250 g/mol. The lowest BCUT2D eigenvalue weighted by Crippen LogP contribution is -1.89. The van der Waals surface area contributed by atoms with Crippen molar-refractivity contribution in [2.24, 2.45) is 0 Å². The van der Waals surface area contributed by atoms with Gasteiger partial charge in [0.1, 0.15) is 5.15 Å². The summed E-state index contributed by atoms with van der Waals surface area (Å²) in [5.41, 5.74) is 2.63. The Morgan fingerprint density at radius 3 is 2.89 bits per heavy atom. The maximum Gasteiger partial charge on any atom is 0.328 e. The quantitative estimate of drug-likeness (QED) is 0.679. The maximum absolute atomic E-state index is 10.5. The molecule has 18 heavy (non-hydrogen) atoms. The number of aryl methyl sites for hydroxylation is 1. The molecule has 4 heteroatoms. The normalized spacial score (nSPS) is 11.2. The van der Waals surface area contributed by atoms with Crippen LogP contribution >= 0.6 is 11.6 Å². The summed E-state index contributed by atoms with van der Waals surface area (Å²) in [5, 5.41) is 9.88. The largest absolute Gasteiger partial charge is 0.478 e. The lowest BCUT2D eigenvalue weighted by atomic mass is 10.1. The highest BCUT2D eigenvalue weighted by Gasteiger charge is 2.03. The van der Waals surface area contributed by atoms with Crippen molar-refractivity contribution in [3.63, 3.8) is 0 Å². The molecule has 0 unspecified atom stereocenters. The van der Waals surface area contributed by atoms with Gasteiger partial charge in [-0.1, -0.05) is 24.6 Å². The molecule has 0 aliphatic heterocycles. The number of nitrogens with zero attached hydrogens (tertiary/aromatic N) is 1. The van der Waals surface area contributed by atoms with Gasteiger partial charge in [0, 0.05) is 17.0 Å². The van der Waals surface area contributed by atoms with Gasteiger partial charge < -0.3 is 5.11 Å². The molecule has 0 fully saturated rings. The lowest BCUT2D eigenvalue weighted by Gasteiger charge is -2.04. The van der Waals surface area contributed by atoms with Gasteiger partial charge in [-0.3, -0.25) is 0 Å². The number of carboxylic acids is 1. The zero-order chi connectivity index (χ0) is 13.1. The van der Waals surface area contributed by atoms with E-state index in [1.54, 1.807) is 0 Å². The summed E-state index contributed by atoms with van der Waals surface area (Å²) in [6, 6.07) is 7.82. The van der Waals surface area contributed by atoms with Gasteiger partial charge in [0.05, 0.1) is 5.52 Å². The minimum absolute atomic E-state index is 0.309. The molecule has 3 nitrogen and oxygen atoms in total. The van der Waals surface area contributed by atoms with Gasteiger partial charge >= 0.3 is 5.97 Å². The molecule has 0 amide bonds. The Morgan fingerprint density at radius 2 is 2.22 bits per heavy atom. The summed E-state index contributed by atoms with van der Waals surface area (Å²) < 4.78 is 0. The third kappa shape index (κ3) is 2.68. The van der Waals surface area contributed by atoms with Crippen molar-refractivity contribution < 1.29 is 9.90 Å². The molecule has 1 N–H and O–H groups in total. The number of hydrogen-bond donors (Lipinski definition) is 1. The van der Waals surface area contributed by atoms with Gasteiger partial charge in [-0.25, -0.2) is 9.78 Å². The van der Waals surface area contributed by atoms with Crippen LogP contribution in [0, 0.1) is 0 Å². The number of hydrogen-bond acceptors (Lipinski definition) is 2. The molecule has 0 bridgehead atoms. The number of benzene rings is 1. The summed E-state index contributed by atoms with van der Waals surface area (Å²) >= 11 is 6.01. The second kappa shape index (κ2) is 5.19. The molecule has 92 valence electrons. The van der Waals surface area contributed by atoms with Crippen LogP contribution in [-0.4, -0.2) is 16.1 Å². The highest BCUT2D eigenvalue weighted by Crippen LogP contribution is 2.22. The molecular formula is C14H12ClNO2. The van der Waals surface area contributed by atoms with E-state index in [2.05, 4.69) is 11.9 Å². The first-order chi connectivity index (χ1) is 8.60. The molecule has 0 saturated carbocycles. The molecule has 0 aliphatic carbocycles. The van der Waals surface area contributed by atoms with Gasteiger partial charge in [-0.05, 0) is 36.3 Å². The number of halogens is 1. The van der Waals surface area contributed by atoms with Crippen LogP contribution in [0.1, 0.15) is 18.1 Å². The molecule has 2 rings (SSSR count). The van der Waals surface area contributed by atoms with Crippen LogP contribution in [0.15, 0.2) is 30.3 Å². The summed E-state index contributed by atoms with van der Waals surface area (Å²) in [7, 11) is 0. The zero-order valence-electron chi connectivity index (χ0n) is 9.85. The lowest BCUT2D eigenvalue weighted by molar-refractivity contribution is -0.131. The Kier molecular flexibility index (Phi) is 3.63. The fourth-order valence-corrected chi connectivity index (χ4v) is 1.93. The molecule has 0 radical (unpaired) electrons. The Morgan fingerprint density at radius 1 is 1.44 bits per heavy atom. The second-order valence-corrected chi connectivity index (χ2v) is 4.28. The summed E-state index contributed by atoms with van der Waals surface area (Å²) in [5.74, 6) is -1.01. The molecule has 1 heterocycles. The van der Waals surface area contributed by atoms with Crippen molar-refractivity contribution in [2.45, 2.75) is 13.3 Å². The van der Waals surface area contributed by atoms with Gasteiger partial charge in [0.15, 0.2) is 0 Å².